The number of carboxylic acids is 2. The molecule has 2 saturated heterocycles. The second-order valence-electron chi connectivity index (χ2n) is 32.3. The number of aliphatic hydroxyl groups excluding tert-OH is 2. The summed E-state index contributed by atoms with van der Waals surface area (Å²) in [6, 6.07) is 31.9. The first-order chi connectivity index (χ1) is 64.2. The van der Waals surface area contributed by atoms with E-state index in [1.54, 1.807) is 18.2 Å². The predicted octanol–water partition coefficient (Wildman–Crippen LogP) is 6.40. The van der Waals surface area contributed by atoms with Crippen molar-refractivity contribution >= 4 is 138 Å². The van der Waals surface area contributed by atoms with Gasteiger partial charge in [0.15, 0.2) is 34.0 Å². The molecule has 0 spiro atoms. The number of phosphoric acid groups is 6. The highest BCUT2D eigenvalue weighted by atomic mass is 31.3. The maximum atomic E-state index is 13.5. The highest BCUT2D eigenvalue weighted by Crippen LogP contribution is 2.68. The Kier molecular flexibility index (Phi) is 32.4. The van der Waals surface area contributed by atoms with Gasteiger partial charge in [0.1, 0.15) is 88.2 Å². The molecule has 8 aromatic rings. The second kappa shape index (κ2) is 43.0. The molecule has 4 aromatic carbocycles. The molecular weight excluding hydrogens is 1910 g/mol. The third-order valence-corrected chi connectivity index (χ3v) is 29.3. The van der Waals surface area contributed by atoms with Crippen molar-refractivity contribution in [1.82, 2.24) is 58.8 Å². The number of nitrogens with one attached hydrogen (secondary N) is 4. The fourth-order valence-electron chi connectivity index (χ4n) is 15.2. The number of aromatic carboxylic acids is 2. The quantitative estimate of drug-likeness (QED) is 0.00854. The summed E-state index contributed by atoms with van der Waals surface area (Å²) in [5, 5.41) is 61.8. The van der Waals surface area contributed by atoms with Crippen molar-refractivity contribution in [2.24, 2.45) is 0 Å². The molecule has 2 amide bonds. The van der Waals surface area contributed by atoms with E-state index in [4.69, 9.17) is 37.9 Å². The Morgan fingerprint density at radius 1 is 0.456 bits per heavy atom. The zero-order valence-electron chi connectivity index (χ0n) is 74.0. The number of ether oxygens (including phenoxy) is 2. The standard InChI is InChI=1S/2C41H49N8O16P3/c1-47(2)25-10-13-28-32(18-25)62-33-19-26(48(3)4)11-14-29(33)36(28)30-17-24(9-12-27(30)41(52)53)40(51)43-16-8-6-5-7-15-42-38-37-39(45-22-44-38)49(23-46-37)35-20-31(50)34(63-35)21-61-67(57,58)65-68(59,60)64-66(54,55)56;1-47(2)25-10-13-28-32(18-25)62-33-19-26(48(3)4)11-14-29(33)36(28)27-12-9-24(17-30(27)41(52)53)40(51)43-16-8-6-5-7-15-42-38-37-39(45-22-44-38)49(23-46-37)35-20-31(50)34(63-35)21-61-67(57,58)65-68(59,60)64-66(54,55)56/h2*9-14,17-19,22-23,31,34-35,50H,5-8,15-16,20-21H2,1-4H3,(H6-,42,43,44,45,51,52,53,54,55,56,57,58,59,60)/t2*31-,34+,35+/m00/s1. The van der Waals surface area contributed by atoms with Gasteiger partial charge in [0, 0.05) is 158 Å². The maximum absolute atomic E-state index is 13.5. The van der Waals surface area contributed by atoms with Crippen LogP contribution in [0.4, 0.5) is 23.0 Å². The fourth-order valence-corrected chi connectivity index (χ4v) is 21.3. The zero-order valence-corrected chi connectivity index (χ0v) is 79.3. The number of anilines is 4. The highest BCUT2D eigenvalue weighted by molar-refractivity contribution is 7.67. The number of phosphoric ester groups is 2. The third kappa shape index (κ3) is 25.7. The lowest BCUT2D eigenvalue weighted by Gasteiger charge is -2.20. The number of hydrogen-bond acceptors (Lipinski definition) is 34. The van der Waals surface area contributed by atoms with Crippen LogP contribution in [0.3, 0.4) is 0 Å². The number of carboxylic acid groups (broad SMARTS) is 2. The van der Waals surface area contributed by atoms with Crippen LogP contribution in [0.1, 0.15) is 118 Å². The van der Waals surface area contributed by atoms with E-state index in [2.05, 4.69) is 77.5 Å². The van der Waals surface area contributed by atoms with Crippen molar-refractivity contribution < 1.29 is 151 Å². The number of imidazole rings is 2. The van der Waals surface area contributed by atoms with E-state index in [0.717, 1.165) is 60.6 Å². The molecule has 10 atom stereocenters. The molecular formula is C82H98N16O32P6. The molecule has 136 heavy (non-hydrogen) atoms. The summed E-state index contributed by atoms with van der Waals surface area (Å²) in [4.78, 5) is 155. The lowest BCUT2D eigenvalue weighted by molar-refractivity contribution is -0.256. The number of aliphatic hydroxyl groups is 2. The summed E-state index contributed by atoms with van der Waals surface area (Å²) >= 11 is 0. The Labute approximate surface area is 773 Å². The van der Waals surface area contributed by atoms with Gasteiger partial charge in [0.25, 0.3) is 11.8 Å². The number of carbonyl (C=O) groups is 4. The van der Waals surface area contributed by atoms with E-state index in [9.17, 15) is 86.6 Å². The van der Waals surface area contributed by atoms with Crippen molar-refractivity contribution in [3.8, 4) is 44.9 Å². The molecule has 2 aliphatic carbocycles. The third-order valence-electron chi connectivity index (χ3n) is 21.7. The number of rotatable bonds is 40. The molecule has 8 heterocycles. The average Bonchev–Trinajstić information content (AvgIpc) is 0.932. The molecule has 48 nitrogen and oxygen atoms in total. The van der Waals surface area contributed by atoms with Crippen LogP contribution in [-0.4, -0.2) is 232 Å². The normalized spacial score (nSPS) is 18.1. The zero-order chi connectivity index (χ0) is 98.3. The van der Waals surface area contributed by atoms with Gasteiger partial charge in [-0.1, -0.05) is 37.8 Å². The fraction of sp³-hybridized carbons (Fsp3) is 0.366. The molecule has 0 radical (unpaired) electrons. The second-order valence-corrected chi connectivity index (χ2v) is 41.1. The van der Waals surface area contributed by atoms with E-state index < -0.39 is 115 Å². The molecule has 14 rings (SSSR count). The van der Waals surface area contributed by atoms with E-state index >= 15 is 0 Å². The van der Waals surface area contributed by atoms with Crippen LogP contribution in [0.5, 0.6) is 0 Å². The molecule has 0 saturated carbocycles. The highest BCUT2D eigenvalue weighted by Gasteiger charge is 2.46. The average molecular weight is 2010 g/mol. The smallest absolute Gasteiger partial charge is 0.490 e. The van der Waals surface area contributed by atoms with Gasteiger partial charge in [0.2, 0.25) is 10.7 Å². The van der Waals surface area contributed by atoms with Crippen molar-refractivity contribution in [1.29, 1.82) is 0 Å². The van der Waals surface area contributed by atoms with E-state index in [1.807, 2.05) is 148 Å². The molecule has 4 aliphatic heterocycles. The first kappa shape index (κ1) is 103. The number of benzene rings is 6. The summed E-state index contributed by atoms with van der Waals surface area (Å²) in [5.41, 5.74) is 7.95. The number of fused-ring (bicyclic) bond motifs is 6. The van der Waals surface area contributed by atoms with Crippen LogP contribution in [0.15, 0.2) is 143 Å². The van der Waals surface area contributed by atoms with E-state index in [0.29, 0.717) is 140 Å². The summed E-state index contributed by atoms with van der Waals surface area (Å²) in [5.74, 6) is -1.63. The predicted molar refractivity (Wildman–Crippen MR) is 486 cm³/mol. The van der Waals surface area contributed by atoms with Crippen LogP contribution in [0.25, 0.3) is 89.2 Å². The van der Waals surface area contributed by atoms with Gasteiger partial charge in [0.05, 0.1) is 62.1 Å². The van der Waals surface area contributed by atoms with Gasteiger partial charge in [-0.05, 0) is 97.5 Å². The van der Waals surface area contributed by atoms with Gasteiger partial charge >= 0.3 is 46.9 Å². The Balaban J connectivity index is 0.000000230. The first-order valence-corrected chi connectivity index (χ1v) is 50.9. The topological polar surface area (TPSA) is 667 Å². The lowest BCUT2D eigenvalue weighted by atomic mass is 9.89. The van der Waals surface area contributed by atoms with Crippen molar-refractivity contribution in [3.63, 3.8) is 0 Å². The minimum absolute atomic E-state index is 0.0471. The minimum atomic E-state index is -5.72. The van der Waals surface area contributed by atoms with Gasteiger partial charge in [-0.2, -0.15) is 17.2 Å². The largest absolute Gasteiger partial charge is 0.545 e. The van der Waals surface area contributed by atoms with Crippen LogP contribution >= 0.6 is 46.9 Å². The van der Waals surface area contributed by atoms with Crippen LogP contribution in [0, 0.1) is 0 Å². The van der Waals surface area contributed by atoms with Crippen LogP contribution in [0.2, 0.25) is 0 Å². The molecule has 4 unspecified atom stereocenters. The molecule has 728 valence electrons. The van der Waals surface area contributed by atoms with Crippen molar-refractivity contribution in [2.75, 3.05) is 116 Å². The number of amides is 2. The number of hydrogen-bond donors (Lipinski definition) is 14. The van der Waals surface area contributed by atoms with Crippen LogP contribution < -0.4 is 61.1 Å². The summed E-state index contributed by atoms with van der Waals surface area (Å²) in [7, 11) is -18.1. The molecule has 54 heteroatoms. The number of aromatic nitrogens is 8. The SMILES string of the molecule is CN(C)c1ccc2c(-c3cc(C(=O)NCCCCCCNc4ncnc5c4ncn5[C@H]4C[C@H](O)[C@@H](COP(=O)(O)OP(=O)(O)OP(=O)(O)O)O4)ccc3C(=O)[O-])c3ccc(=[N+](C)C)cc-3oc2c1.CN(C)c1ccc2c(-c3ccc(C(=O)NCCCCCCNc4ncnc5c4ncn5[C@H]4C[C@H](O)[C@@H](COP(=O)(O)OP(=O)(O)OP(=O)(O)O)O4)cc3C(=O)[O-])c3ccc(=[N+](C)C)cc-3oc2c1. The number of carbonyl (C=O) groups excluding carboxylic acids is 4. The molecule has 2 fully saturated rings. The van der Waals surface area contributed by atoms with Gasteiger partial charge in [-0.25, -0.2) is 66.4 Å². The van der Waals surface area contributed by atoms with Crippen molar-refractivity contribution in [2.45, 2.75) is 101 Å². The first-order valence-electron chi connectivity index (χ1n) is 41.9. The Morgan fingerprint density at radius 2 is 0.853 bits per heavy atom. The number of unbranched alkanes of at least 4 members (excludes halogenated alkanes) is 6. The number of nitrogens with zero attached hydrogens (tertiary/aromatic N) is 12. The molecule has 6 aliphatic rings. The maximum Gasteiger partial charge on any atom is 0.490 e. The lowest BCUT2D eigenvalue weighted by Crippen LogP contribution is -2.27. The van der Waals surface area contributed by atoms with Gasteiger partial charge in [-0.15, -0.1) is 0 Å². The van der Waals surface area contributed by atoms with E-state index in [-0.39, 0.29) is 41.0 Å². The monoisotopic (exact) mass is 2000 g/mol. The molecule has 4 aromatic heterocycles. The molecule has 14 N–H and O–H groups in total. The molecule has 0 bridgehead atoms. The van der Waals surface area contributed by atoms with Gasteiger partial charge < -0.3 is 119 Å². The Hall–Kier alpha value is -10.9. The van der Waals surface area contributed by atoms with Crippen molar-refractivity contribution in [3.05, 3.63) is 167 Å². The Morgan fingerprint density at radius 3 is 1.26 bits per heavy atom. The minimum Gasteiger partial charge on any atom is -0.545 e. The Bertz CT molecular complexity index is 6900. The summed E-state index contributed by atoms with van der Waals surface area (Å²) < 4.78 is 125. The van der Waals surface area contributed by atoms with Crippen LogP contribution in [-0.2, 0) is 63.2 Å². The summed E-state index contributed by atoms with van der Waals surface area (Å²) in [6.07, 6.45) is 4.47. The summed E-state index contributed by atoms with van der Waals surface area (Å²) in [6.45, 7) is 0.0977. The van der Waals surface area contributed by atoms with E-state index in [1.165, 1.54) is 52.6 Å². The van der Waals surface area contributed by atoms with Gasteiger partial charge in [-0.3, -0.25) is 27.8 Å².